The van der Waals surface area contributed by atoms with Gasteiger partial charge in [-0.05, 0) is 48.1 Å². The van der Waals surface area contributed by atoms with E-state index in [1.165, 1.54) is 5.56 Å². The van der Waals surface area contributed by atoms with Crippen molar-refractivity contribution in [3.05, 3.63) is 72.6 Å². The number of hydrogen-bond donors (Lipinski definition) is 2. The van der Waals surface area contributed by atoms with Crippen LogP contribution in [-0.2, 0) is 11.2 Å². The molecule has 2 N–H and O–H groups in total. The number of piperidine rings is 1. The average molecular weight is 391 g/mol. The van der Waals surface area contributed by atoms with Gasteiger partial charge in [0.25, 0.3) is 0 Å². The third-order valence-corrected chi connectivity index (χ3v) is 5.01. The number of amides is 1. The maximum absolute atomic E-state index is 12.1. The molecule has 1 aromatic heterocycles. The first kappa shape index (κ1) is 19.2. The fourth-order valence-corrected chi connectivity index (χ4v) is 3.49. The summed E-state index contributed by atoms with van der Waals surface area (Å²) in [5, 5.41) is 8.22. The summed E-state index contributed by atoms with van der Waals surface area (Å²) in [7, 11) is 0. The number of rotatable bonds is 6. The molecule has 2 heterocycles. The molecule has 6 heteroatoms. The number of benzene rings is 2. The van der Waals surface area contributed by atoms with Gasteiger partial charge >= 0.3 is 6.09 Å². The van der Waals surface area contributed by atoms with Crippen molar-refractivity contribution in [3.63, 3.8) is 0 Å². The highest BCUT2D eigenvalue weighted by Crippen LogP contribution is 2.23. The zero-order chi connectivity index (χ0) is 19.9. The fraction of sp³-hybridized carbons (Fsp3) is 0.304. The first-order valence-corrected chi connectivity index (χ1v) is 9.98. The summed E-state index contributed by atoms with van der Waals surface area (Å²) in [5.74, 6) is 0.821. The second-order valence-corrected chi connectivity index (χ2v) is 7.16. The van der Waals surface area contributed by atoms with Gasteiger partial charge in [0.1, 0.15) is 11.9 Å². The molecule has 0 spiro atoms. The SMILES string of the molecule is O=C(NCCc1ccccc1)O[C@H]1C[C@@H](Oc2ccc3cnccc3c2)CCN1. The van der Waals surface area contributed by atoms with Crippen molar-refractivity contribution in [1.29, 1.82) is 0 Å². The average Bonchev–Trinajstić information content (AvgIpc) is 2.75. The van der Waals surface area contributed by atoms with Crippen molar-refractivity contribution in [2.45, 2.75) is 31.6 Å². The Hall–Kier alpha value is -3.12. The minimum Gasteiger partial charge on any atom is -0.490 e. The number of carbonyl (C=O) groups excluding carboxylic acids is 1. The first-order valence-electron chi connectivity index (χ1n) is 9.98. The van der Waals surface area contributed by atoms with Gasteiger partial charge in [0.2, 0.25) is 0 Å². The Labute approximate surface area is 170 Å². The molecule has 0 saturated carbocycles. The van der Waals surface area contributed by atoms with E-state index in [-0.39, 0.29) is 12.3 Å². The summed E-state index contributed by atoms with van der Waals surface area (Å²) in [5.41, 5.74) is 1.18. The Morgan fingerprint density at radius 1 is 1.14 bits per heavy atom. The maximum atomic E-state index is 12.1. The van der Waals surface area contributed by atoms with E-state index in [2.05, 4.69) is 15.6 Å². The third kappa shape index (κ3) is 5.45. The minimum absolute atomic E-state index is 0.00217. The normalized spacial score (nSPS) is 18.9. The zero-order valence-electron chi connectivity index (χ0n) is 16.2. The lowest BCUT2D eigenvalue weighted by atomic mass is 10.1. The topological polar surface area (TPSA) is 72.5 Å². The molecule has 4 rings (SSSR count). The van der Waals surface area contributed by atoms with E-state index in [4.69, 9.17) is 9.47 Å². The smallest absolute Gasteiger partial charge is 0.408 e. The Morgan fingerprint density at radius 2 is 2.03 bits per heavy atom. The summed E-state index contributed by atoms with van der Waals surface area (Å²) < 4.78 is 11.7. The second kappa shape index (κ2) is 9.39. The van der Waals surface area contributed by atoms with Crippen LogP contribution in [-0.4, -0.2) is 36.5 Å². The molecule has 3 aromatic rings. The van der Waals surface area contributed by atoms with Gasteiger partial charge in [-0.25, -0.2) is 4.79 Å². The molecular weight excluding hydrogens is 366 g/mol. The summed E-state index contributed by atoms with van der Waals surface area (Å²) in [6, 6.07) is 18.0. The van der Waals surface area contributed by atoms with Gasteiger partial charge in [-0.2, -0.15) is 0 Å². The molecule has 6 nitrogen and oxygen atoms in total. The van der Waals surface area contributed by atoms with Crippen molar-refractivity contribution < 1.29 is 14.3 Å². The van der Waals surface area contributed by atoms with Gasteiger partial charge in [0, 0.05) is 37.3 Å². The van der Waals surface area contributed by atoms with Crippen LogP contribution in [0.25, 0.3) is 10.8 Å². The molecule has 1 fully saturated rings. The predicted octanol–water partition coefficient (Wildman–Crippen LogP) is 3.66. The number of nitrogens with one attached hydrogen (secondary N) is 2. The van der Waals surface area contributed by atoms with Crippen LogP contribution in [0, 0.1) is 0 Å². The summed E-state index contributed by atoms with van der Waals surface area (Å²) in [6.07, 6.45) is 5.10. The van der Waals surface area contributed by atoms with Gasteiger partial charge in [0.15, 0.2) is 6.23 Å². The lowest BCUT2D eigenvalue weighted by Gasteiger charge is -2.30. The van der Waals surface area contributed by atoms with E-state index in [1.54, 1.807) is 6.20 Å². The quantitative estimate of drug-likeness (QED) is 0.671. The molecule has 0 aliphatic carbocycles. The second-order valence-electron chi connectivity index (χ2n) is 7.16. The van der Waals surface area contributed by atoms with E-state index < -0.39 is 6.09 Å². The van der Waals surface area contributed by atoms with E-state index in [0.717, 1.165) is 35.9 Å². The molecule has 2 aromatic carbocycles. The summed E-state index contributed by atoms with van der Waals surface area (Å²) in [4.78, 5) is 16.2. The number of ether oxygens (including phenoxy) is 2. The lowest BCUT2D eigenvalue weighted by Crippen LogP contribution is -2.46. The number of fused-ring (bicyclic) bond motifs is 1. The van der Waals surface area contributed by atoms with E-state index in [0.29, 0.717) is 13.0 Å². The Kier molecular flexibility index (Phi) is 6.22. The highest BCUT2D eigenvalue weighted by atomic mass is 16.6. The zero-order valence-corrected chi connectivity index (χ0v) is 16.2. The summed E-state index contributed by atoms with van der Waals surface area (Å²) in [6.45, 7) is 1.28. The largest absolute Gasteiger partial charge is 0.490 e. The van der Waals surface area contributed by atoms with Crippen LogP contribution in [0.2, 0.25) is 0 Å². The highest BCUT2D eigenvalue weighted by Gasteiger charge is 2.25. The lowest BCUT2D eigenvalue weighted by molar-refractivity contribution is 0.0205. The first-order chi connectivity index (χ1) is 14.3. The van der Waals surface area contributed by atoms with Crippen molar-refractivity contribution in [2.24, 2.45) is 0 Å². The monoisotopic (exact) mass is 391 g/mol. The molecule has 1 aliphatic rings. The molecule has 2 atom stereocenters. The number of alkyl carbamates (subject to hydrolysis) is 1. The molecule has 1 saturated heterocycles. The molecule has 1 aliphatic heterocycles. The predicted molar refractivity (Wildman–Crippen MR) is 112 cm³/mol. The van der Waals surface area contributed by atoms with Gasteiger partial charge in [-0.3, -0.25) is 10.3 Å². The Balaban J connectivity index is 1.24. The molecule has 29 heavy (non-hydrogen) atoms. The molecule has 0 unspecified atom stereocenters. The fourth-order valence-electron chi connectivity index (χ4n) is 3.49. The number of aromatic nitrogens is 1. The van der Waals surface area contributed by atoms with Crippen LogP contribution in [0.4, 0.5) is 4.79 Å². The van der Waals surface area contributed by atoms with E-state index in [9.17, 15) is 4.79 Å². The Bertz CT molecular complexity index is 948. The van der Waals surface area contributed by atoms with Gasteiger partial charge in [-0.1, -0.05) is 30.3 Å². The van der Waals surface area contributed by atoms with Crippen molar-refractivity contribution in [1.82, 2.24) is 15.6 Å². The van der Waals surface area contributed by atoms with Crippen LogP contribution in [0.5, 0.6) is 5.75 Å². The van der Waals surface area contributed by atoms with Crippen LogP contribution in [0.15, 0.2) is 67.0 Å². The molecule has 1 amide bonds. The molecular formula is C23H25N3O3. The minimum atomic E-state index is -0.405. The van der Waals surface area contributed by atoms with Crippen molar-refractivity contribution in [3.8, 4) is 5.75 Å². The van der Waals surface area contributed by atoms with Crippen LogP contribution < -0.4 is 15.4 Å². The van der Waals surface area contributed by atoms with Crippen LogP contribution >= 0.6 is 0 Å². The van der Waals surface area contributed by atoms with Crippen molar-refractivity contribution >= 4 is 16.9 Å². The number of hydrogen-bond acceptors (Lipinski definition) is 5. The third-order valence-electron chi connectivity index (χ3n) is 5.01. The Morgan fingerprint density at radius 3 is 2.93 bits per heavy atom. The van der Waals surface area contributed by atoms with E-state index in [1.807, 2.05) is 60.8 Å². The van der Waals surface area contributed by atoms with Gasteiger partial charge in [0.05, 0.1) is 0 Å². The van der Waals surface area contributed by atoms with E-state index >= 15 is 0 Å². The van der Waals surface area contributed by atoms with Gasteiger partial charge < -0.3 is 14.8 Å². The summed E-state index contributed by atoms with van der Waals surface area (Å²) >= 11 is 0. The van der Waals surface area contributed by atoms with Crippen molar-refractivity contribution in [2.75, 3.05) is 13.1 Å². The molecule has 0 radical (unpaired) electrons. The van der Waals surface area contributed by atoms with Gasteiger partial charge in [-0.15, -0.1) is 0 Å². The standard InChI is InChI=1S/C23H25N3O3/c27-23(26-12-8-17-4-2-1-3-5-17)29-22-15-21(10-13-25-22)28-20-7-6-19-16-24-11-9-18(19)14-20/h1-7,9,11,14,16,21-22,25H,8,10,12-13,15H2,(H,26,27)/t21-,22-/m0/s1. The number of pyridine rings is 1. The number of carbonyl (C=O) groups is 1. The molecule has 0 bridgehead atoms. The van der Waals surface area contributed by atoms with Crippen LogP contribution in [0.3, 0.4) is 0 Å². The number of nitrogens with zero attached hydrogens (tertiary/aromatic N) is 1. The van der Waals surface area contributed by atoms with Crippen LogP contribution in [0.1, 0.15) is 18.4 Å². The maximum Gasteiger partial charge on any atom is 0.408 e. The highest BCUT2D eigenvalue weighted by molar-refractivity contribution is 5.82. The molecule has 150 valence electrons.